The molecule has 0 aliphatic carbocycles. The van der Waals surface area contributed by atoms with Crippen LogP contribution in [0.4, 0.5) is 0 Å². The molecule has 2 aromatic heterocycles. The summed E-state index contributed by atoms with van der Waals surface area (Å²) in [7, 11) is 3.41. The van der Waals surface area contributed by atoms with E-state index in [1.807, 2.05) is 0 Å². The summed E-state index contributed by atoms with van der Waals surface area (Å²) in [6.45, 7) is 0. The predicted octanol–water partition coefficient (Wildman–Crippen LogP) is 0.992. The second kappa shape index (κ2) is 2.89. The van der Waals surface area contributed by atoms with Crippen LogP contribution in [0.2, 0.25) is 0 Å². The molecule has 0 aromatic carbocycles. The fraction of sp³-hybridized carbons (Fsp3) is 0.286. The maximum absolute atomic E-state index is 11.7. The Bertz CT molecular complexity index is 672. The third kappa shape index (κ3) is 1.09. The molecule has 14 heavy (non-hydrogen) atoms. The van der Waals surface area contributed by atoms with Crippen molar-refractivity contribution in [2.45, 2.75) is 0 Å². The van der Waals surface area contributed by atoms with Gasteiger partial charge in [-0.05, 0) is 24.4 Å². The second-order valence-electron chi connectivity index (χ2n) is 3.01. The van der Waals surface area contributed by atoms with Crippen LogP contribution >= 0.6 is 24.4 Å². The predicted molar refractivity (Wildman–Crippen MR) is 58.5 cm³/mol. The number of imidazole rings is 1. The molecule has 2 rings (SSSR count). The van der Waals surface area contributed by atoms with E-state index in [1.165, 1.54) is 4.57 Å². The molecule has 0 amide bonds. The first-order chi connectivity index (χ1) is 6.52. The van der Waals surface area contributed by atoms with Crippen LogP contribution in [0.5, 0.6) is 0 Å². The molecule has 0 radical (unpaired) electrons. The van der Waals surface area contributed by atoms with Gasteiger partial charge in [0.25, 0.3) is 5.56 Å². The lowest BCUT2D eigenvalue weighted by molar-refractivity contribution is 0.741. The van der Waals surface area contributed by atoms with Crippen LogP contribution in [0.25, 0.3) is 11.2 Å². The van der Waals surface area contributed by atoms with Crippen molar-refractivity contribution in [2.75, 3.05) is 0 Å². The number of fused-ring (bicyclic) bond motifs is 1. The van der Waals surface area contributed by atoms with E-state index in [2.05, 4.69) is 9.97 Å². The van der Waals surface area contributed by atoms with Gasteiger partial charge in [-0.1, -0.05) is 0 Å². The van der Waals surface area contributed by atoms with Gasteiger partial charge >= 0.3 is 0 Å². The van der Waals surface area contributed by atoms with Gasteiger partial charge in [-0.25, -0.2) is 0 Å². The molecule has 0 aliphatic rings. The molecule has 7 heteroatoms. The summed E-state index contributed by atoms with van der Waals surface area (Å²) >= 11 is 9.99. The molecule has 2 N–H and O–H groups in total. The van der Waals surface area contributed by atoms with E-state index in [1.54, 1.807) is 18.7 Å². The topological polar surface area (TPSA) is 58.5 Å². The highest BCUT2D eigenvalue weighted by atomic mass is 32.1. The van der Waals surface area contributed by atoms with Gasteiger partial charge in [0, 0.05) is 14.1 Å². The minimum atomic E-state index is -0.171. The van der Waals surface area contributed by atoms with E-state index in [0.29, 0.717) is 20.7 Å². The van der Waals surface area contributed by atoms with Gasteiger partial charge in [-0.3, -0.25) is 9.36 Å². The number of aromatic amines is 2. The number of aryl methyl sites for hydroxylation is 1. The lowest BCUT2D eigenvalue weighted by atomic mass is 10.5. The average molecular weight is 228 g/mol. The van der Waals surface area contributed by atoms with Gasteiger partial charge in [0.1, 0.15) is 11.2 Å². The smallest absolute Gasteiger partial charge is 0.280 e. The summed E-state index contributed by atoms with van der Waals surface area (Å²) in [5.74, 6) is 0. The normalized spacial score (nSPS) is 11.0. The number of aromatic nitrogens is 4. The first kappa shape index (κ1) is 9.35. The van der Waals surface area contributed by atoms with Crippen LogP contribution < -0.4 is 5.56 Å². The van der Waals surface area contributed by atoms with Crippen LogP contribution in [0.15, 0.2) is 4.79 Å². The van der Waals surface area contributed by atoms with Crippen molar-refractivity contribution in [1.82, 2.24) is 19.1 Å². The maximum atomic E-state index is 11.7. The molecular formula is C7H8N4OS2. The van der Waals surface area contributed by atoms with E-state index >= 15 is 0 Å². The zero-order chi connectivity index (χ0) is 10.5. The Balaban J connectivity index is 3.26. The maximum Gasteiger partial charge on any atom is 0.280 e. The third-order valence-corrected chi connectivity index (χ3v) is 2.89. The molecule has 0 atom stereocenters. The van der Waals surface area contributed by atoms with Gasteiger partial charge in [0.15, 0.2) is 9.54 Å². The molecular weight excluding hydrogens is 220 g/mol. The summed E-state index contributed by atoms with van der Waals surface area (Å²) < 4.78 is 3.98. The fourth-order valence-electron chi connectivity index (χ4n) is 1.36. The number of rotatable bonds is 0. The Hall–Kier alpha value is -1.21. The number of H-pyrrole nitrogens is 2. The highest BCUT2D eigenvalue weighted by Gasteiger charge is 2.07. The quantitative estimate of drug-likeness (QED) is 0.661. The molecule has 0 fully saturated rings. The van der Waals surface area contributed by atoms with Gasteiger partial charge in [0.2, 0.25) is 0 Å². The van der Waals surface area contributed by atoms with Crippen molar-refractivity contribution in [3.8, 4) is 0 Å². The van der Waals surface area contributed by atoms with Gasteiger partial charge in [-0.15, -0.1) is 0 Å². The van der Waals surface area contributed by atoms with Crippen molar-refractivity contribution in [3.63, 3.8) is 0 Å². The van der Waals surface area contributed by atoms with Gasteiger partial charge in [0.05, 0.1) is 0 Å². The first-order valence-corrected chi connectivity index (χ1v) is 4.72. The van der Waals surface area contributed by atoms with Crippen molar-refractivity contribution >= 4 is 35.6 Å². The number of hydrogen-bond donors (Lipinski definition) is 2. The monoisotopic (exact) mass is 228 g/mol. The first-order valence-electron chi connectivity index (χ1n) is 3.90. The lowest BCUT2D eigenvalue weighted by Crippen LogP contribution is -2.21. The van der Waals surface area contributed by atoms with Crippen LogP contribution in [0, 0.1) is 9.54 Å². The molecule has 0 aliphatic heterocycles. The van der Waals surface area contributed by atoms with Crippen LogP contribution in [-0.2, 0) is 14.1 Å². The summed E-state index contributed by atoms with van der Waals surface area (Å²) in [5, 5.41) is 0. The molecule has 0 bridgehead atoms. The Kier molecular flexibility index (Phi) is 1.93. The van der Waals surface area contributed by atoms with Gasteiger partial charge in [-0.2, -0.15) is 0 Å². The largest absolute Gasteiger partial charge is 0.325 e. The molecule has 2 heterocycles. The Labute approximate surface area is 89.0 Å². The summed E-state index contributed by atoms with van der Waals surface area (Å²) in [6, 6.07) is 0. The molecule has 0 saturated heterocycles. The lowest BCUT2D eigenvalue weighted by Gasteiger charge is -2.04. The van der Waals surface area contributed by atoms with E-state index in [-0.39, 0.29) is 5.56 Å². The fourth-order valence-corrected chi connectivity index (χ4v) is 1.73. The summed E-state index contributed by atoms with van der Waals surface area (Å²) in [6.07, 6.45) is 0. The molecule has 74 valence electrons. The zero-order valence-electron chi connectivity index (χ0n) is 7.62. The number of hydrogen-bond acceptors (Lipinski definition) is 3. The molecule has 0 saturated carbocycles. The van der Waals surface area contributed by atoms with E-state index in [0.717, 1.165) is 0 Å². The molecule has 0 unspecified atom stereocenters. The van der Waals surface area contributed by atoms with Crippen molar-refractivity contribution < 1.29 is 0 Å². The van der Waals surface area contributed by atoms with Crippen molar-refractivity contribution in [3.05, 3.63) is 19.9 Å². The standard InChI is InChI=1S/C7H8N4OS2/c1-10-4-3(8-6(13)9-4)5(12)11(2)7(10)14/h1-2H3,(H2,8,9,13). The summed E-state index contributed by atoms with van der Waals surface area (Å²) in [4.78, 5) is 17.4. The van der Waals surface area contributed by atoms with Crippen LogP contribution in [-0.4, -0.2) is 19.1 Å². The molecule has 0 spiro atoms. The van der Waals surface area contributed by atoms with E-state index in [4.69, 9.17) is 24.4 Å². The van der Waals surface area contributed by atoms with Crippen molar-refractivity contribution in [2.24, 2.45) is 14.1 Å². The third-order valence-electron chi connectivity index (χ3n) is 2.14. The second-order valence-corrected chi connectivity index (χ2v) is 3.78. The Morgan fingerprint density at radius 1 is 1.14 bits per heavy atom. The molecule has 2 aromatic rings. The van der Waals surface area contributed by atoms with E-state index < -0.39 is 0 Å². The molecule has 5 nitrogen and oxygen atoms in total. The zero-order valence-corrected chi connectivity index (χ0v) is 9.25. The van der Waals surface area contributed by atoms with Crippen molar-refractivity contribution in [1.29, 1.82) is 0 Å². The number of nitrogens with zero attached hydrogens (tertiary/aromatic N) is 2. The summed E-state index contributed by atoms with van der Waals surface area (Å²) in [5.41, 5.74) is 0.909. The van der Waals surface area contributed by atoms with Crippen LogP contribution in [0.1, 0.15) is 0 Å². The van der Waals surface area contributed by atoms with E-state index in [9.17, 15) is 4.79 Å². The minimum Gasteiger partial charge on any atom is -0.325 e. The van der Waals surface area contributed by atoms with Crippen LogP contribution in [0.3, 0.4) is 0 Å². The van der Waals surface area contributed by atoms with Gasteiger partial charge < -0.3 is 14.5 Å². The Morgan fingerprint density at radius 2 is 1.79 bits per heavy atom. The number of nitrogens with one attached hydrogen (secondary N) is 2. The average Bonchev–Trinajstić information content (AvgIpc) is 2.54. The highest BCUT2D eigenvalue weighted by Crippen LogP contribution is 2.03. The highest BCUT2D eigenvalue weighted by molar-refractivity contribution is 7.71. The Morgan fingerprint density at radius 3 is 2.43 bits per heavy atom. The SMILES string of the molecule is Cn1c(=O)c2[nH]c(=S)[nH]c2n(C)c1=S. The minimum absolute atomic E-state index is 0.171.